The van der Waals surface area contributed by atoms with E-state index in [1.807, 2.05) is 36.4 Å². The zero-order valence-electron chi connectivity index (χ0n) is 11.2. The van der Waals surface area contributed by atoms with Crippen molar-refractivity contribution < 1.29 is 5.21 Å². The molecule has 0 fully saturated rings. The van der Waals surface area contributed by atoms with Gasteiger partial charge in [0, 0.05) is 27.1 Å². The maximum absolute atomic E-state index is 10.6. The SMILES string of the molecule is On1c2ccccc2c2ccc3c4ccccc4[nH]c3c21. The van der Waals surface area contributed by atoms with Crippen molar-refractivity contribution in [1.29, 1.82) is 0 Å². The van der Waals surface area contributed by atoms with Gasteiger partial charge in [0.1, 0.15) is 5.52 Å². The zero-order chi connectivity index (χ0) is 14.0. The van der Waals surface area contributed by atoms with Crippen LogP contribution in [0.1, 0.15) is 0 Å². The lowest BCUT2D eigenvalue weighted by atomic mass is 10.1. The molecule has 5 aromatic rings. The van der Waals surface area contributed by atoms with E-state index >= 15 is 0 Å². The van der Waals surface area contributed by atoms with E-state index in [0.717, 1.165) is 38.2 Å². The summed E-state index contributed by atoms with van der Waals surface area (Å²) in [5.41, 5.74) is 3.74. The molecule has 2 aromatic heterocycles. The molecule has 0 spiro atoms. The molecule has 5 rings (SSSR count). The largest absolute Gasteiger partial charge is 0.428 e. The maximum Gasteiger partial charge on any atom is 0.112 e. The Kier molecular flexibility index (Phi) is 1.84. The molecule has 0 aliphatic carbocycles. The van der Waals surface area contributed by atoms with Crippen LogP contribution in [0.15, 0.2) is 60.7 Å². The molecule has 0 amide bonds. The average molecular weight is 272 g/mol. The number of benzene rings is 3. The fraction of sp³-hybridized carbons (Fsp3) is 0. The Morgan fingerprint density at radius 2 is 1.43 bits per heavy atom. The van der Waals surface area contributed by atoms with Crippen molar-refractivity contribution in [2.24, 2.45) is 0 Å². The zero-order valence-corrected chi connectivity index (χ0v) is 11.2. The summed E-state index contributed by atoms with van der Waals surface area (Å²) in [7, 11) is 0. The molecule has 2 N–H and O–H groups in total. The Hall–Kier alpha value is -2.94. The van der Waals surface area contributed by atoms with Gasteiger partial charge in [-0.25, -0.2) is 0 Å². The second-order valence-corrected chi connectivity index (χ2v) is 5.38. The van der Waals surface area contributed by atoms with E-state index in [9.17, 15) is 5.21 Å². The molecule has 3 nitrogen and oxygen atoms in total. The van der Waals surface area contributed by atoms with E-state index in [4.69, 9.17) is 0 Å². The lowest BCUT2D eigenvalue weighted by Crippen LogP contribution is -1.89. The highest BCUT2D eigenvalue weighted by Gasteiger charge is 2.15. The van der Waals surface area contributed by atoms with Crippen LogP contribution < -0.4 is 0 Å². The summed E-state index contributed by atoms with van der Waals surface area (Å²) in [5, 5.41) is 15.0. The quantitative estimate of drug-likeness (QED) is 0.395. The predicted octanol–water partition coefficient (Wildman–Crippen LogP) is 4.67. The number of rotatable bonds is 0. The molecule has 0 aliphatic heterocycles. The molecule has 3 aromatic carbocycles. The molecule has 0 unspecified atom stereocenters. The summed E-state index contributed by atoms with van der Waals surface area (Å²) >= 11 is 0. The number of fused-ring (bicyclic) bond motifs is 7. The smallest absolute Gasteiger partial charge is 0.112 e. The van der Waals surface area contributed by atoms with Gasteiger partial charge in [0.15, 0.2) is 0 Å². The third kappa shape index (κ3) is 1.23. The lowest BCUT2D eigenvalue weighted by Gasteiger charge is -1.98. The third-order valence-corrected chi connectivity index (χ3v) is 4.29. The second kappa shape index (κ2) is 3.58. The molecule has 2 heterocycles. The van der Waals surface area contributed by atoms with E-state index in [2.05, 4.69) is 29.2 Å². The molecule has 100 valence electrons. The lowest BCUT2D eigenvalue weighted by molar-refractivity contribution is 0.213. The normalized spacial score (nSPS) is 12.0. The summed E-state index contributed by atoms with van der Waals surface area (Å²) < 4.78 is 1.29. The Morgan fingerprint density at radius 3 is 2.33 bits per heavy atom. The molecule has 0 aliphatic rings. The van der Waals surface area contributed by atoms with Crippen LogP contribution in [0.25, 0.3) is 43.6 Å². The molecular formula is C18H12N2O. The number of para-hydroxylation sites is 2. The number of aromatic amines is 1. The van der Waals surface area contributed by atoms with Crippen LogP contribution in [0.4, 0.5) is 0 Å². The van der Waals surface area contributed by atoms with Crippen molar-refractivity contribution in [1.82, 2.24) is 9.71 Å². The van der Waals surface area contributed by atoms with Gasteiger partial charge in [-0.3, -0.25) is 0 Å². The van der Waals surface area contributed by atoms with Crippen molar-refractivity contribution in [2.75, 3.05) is 0 Å². The highest BCUT2D eigenvalue weighted by Crippen LogP contribution is 2.35. The van der Waals surface area contributed by atoms with Crippen LogP contribution in [-0.4, -0.2) is 14.9 Å². The van der Waals surface area contributed by atoms with Gasteiger partial charge in [-0.2, -0.15) is 4.73 Å². The molecule has 21 heavy (non-hydrogen) atoms. The highest BCUT2D eigenvalue weighted by atomic mass is 16.5. The second-order valence-electron chi connectivity index (χ2n) is 5.38. The number of nitrogens with zero attached hydrogens (tertiary/aromatic N) is 1. The van der Waals surface area contributed by atoms with Crippen molar-refractivity contribution in [3.8, 4) is 0 Å². The van der Waals surface area contributed by atoms with Gasteiger partial charge >= 0.3 is 0 Å². The van der Waals surface area contributed by atoms with E-state index in [1.165, 1.54) is 10.1 Å². The minimum absolute atomic E-state index is 0.832. The Balaban J connectivity index is 2.14. The summed E-state index contributed by atoms with van der Waals surface area (Å²) in [6.07, 6.45) is 0. The molecule has 0 radical (unpaired) electrons. The third-order valence-electron chi connectivity index (χ3n) is 4.29. The van der Waals surface area contributed by atoms with E-state index in [0.29, 0.717) is 0 Å². The van der Waals surface area contributed by atoms with Crippen molar-refractivity contribution >= 4 is 43.6 Å². The fourth-order valence-corrected chi connectivity index (χ4v) is 3.35. The van der Waals surface area contributed by atoms with Crippen LogP contribution in [0.5, 0.6) is 0 Å². The first-order valence-electron chi connectivity index (χ1n) is 6.96. The molecule has 0 saturated heterocycles. The molecule has 3 heteroatoms. The standard InChI is InChI=1S/C18H12N2O/c21-20-16-8-4-2-6-12(16)14-10-9-13-11-5-1-3-7-15(11)19-17(13)18(14)20/h1-10,19,21H. The molecular weight excluding hydrogens is 260 g/mol. The Bertz CT molecular complexity index is 1150. The average Bonchev–Trinajstić information content (AvgIpc) is 3.04. The van der Waals surface area contributed by atoms with E-state index < -0.39 is 0 Å². The van der Waals surface area contributed by atoms with Gasteiger partial charge in [-0.1, -0.05) is 48.5 Å². The van der Waals surface area contributed by atoms with E-state index in [1.54, 1.807) is 0 Å². The van der Waals surface area contributed by atoms with Crippen LogP contribution in [-0.2, 0) is 0 Å². The molecule has 0 saturated carbocycles. The summed E-state index contributed by atoms with van der Waals surface area (Å²) in [5.74, 6) is 0. The number of hydrogen-bond acceptors (Lipinski definition) is 1. The van der Waals surface area contributed by atoms with Gasteiger partial charge in [0.25, 0.3) is 0 Å². The summed E-state index contributed by atoms with van der Waals surface area (Å²) in [6.45, 7) is 0. The van der Waals surface area contributed by atoms with Gasteiger partial charge in [0.05, 0.1) is 11.0 Å². The number of H-pyrrole nitrogens is 1. The maximum atomic E-state index is 10.6. The monoisotopic (exact) mass is 272 g/mol. The van der Waals surface area contributed by atoms with Crippen LogP contribution in [0.2, 0.25) is 0 Å². The van der Waals surface area contributed by atoms with E-state index in [-0.39, 0.29) is 0 Å². The first-order chi connectivity index (χ1) is 10.3. The highest BCUT2D eigenvalue weighted by molar-refractivity contribution is 6.21. The number of aromatic nitrogens is 2. The van der Waals surface area contributed by atoms with Gasteiger partial charge in [-0.15, -0.1) is 0 Å². The molecule has 0 atom stereocenters. The van der Waals surface area contributed by atoms with Crippen molar-refractivity contribution in [2.45, 2.75) is 0 Å². The Labute approximate surface area is 120 Å². The van der Waals surface area contributed by atoms with Gasteiger partial charge in [0.2, 0.25) is 0 Å². The van der Waals surface area contributed by atoms with Crippen molar-refractivity contribution in [3.05, 3.63) is 60.7 Å². The van der Waals surface area contributed by atoms with Crippen LogP contribution >= 0.6 is 0 Å². The predicted molar refractivity (Wildman–Crippen MR) is 86.0 cm³/mol. The summed E-state index contributed by atoms with van der Waals surface area (Å²) in [6, 6.07) is 20.3. The minimum Gasteiger partial charge on any atom is -0.428 e. The van der Waals surface area contributed by atoms with Crippen LogP contribution in [0, 0.1) is 0 Å². The summed E-state index contributed by atoms with van der Waals surface area (Å²) in [4.78, 5) is 3.44. The first-order valence-corrected chi connectivity index (χ1v) is 6.96. The fourth-order valence-electron chi connectivity index (χ4n) is 3.35. The molecule has 0 bridgehead atoms. The van der Waals surface area contributed by atoms with Gasteiger partial charge < -0.3 is 10.2 Å². The first kappa shape index (κ1) is 10.8. The van der Waals surface area contributed by atoms with Crippen LogP contribution in [0.3, 0.4) is 0 Å². The van der Waals surface area contributed by atoms with Gasteiger partial charge in [-0.05, 0) is 12.1 Å². The number of hydrogen-bond donors (Lipinski definition) is 2. The number of nitrogens with one attached hydrogen (secondary N) is 1. The minimum atomic E-state index is 0.832. The van der Waals surface area contributed by atoms with Crippen molar-refractivity contribution in [3.63, 3.8) is 0 Å². The Morgan fingerprint density at radius 1 is 0.714 bits per heavy atom. The topological polar surface area (TPSA) is 41.0 Å².